The monoisotopic (exact) mass is 359 g/mol. The Balaban J connectivity index is 1.79. The summed E-state index contributed by atoms with van der Waals surface area (Å²) in [6, 6.07) is 5.37. The Morgan fingerprint density at radius 1 is 1.36 bits per heavy atom. The van der Waals surface area contributed by atoms with Crippen molar-refractivity contribution in [1.82, 2.24) is 5.32 Å². The van der Waals surface area contributed by atoms with Crippen LogP contribution in [-0.2, 0) is 11.2 Å². The number of nitro groups is 1. The highest BCUT2D eigenvalue weighted by atomic mass is 32.2. The molecule has 1 heterocycles. The molecule has 3 rings (SSSR count). The fourth-order valence-electron chi connectivity index (χ4n) is 3.16. The van der Waals surface area contributed by atoms with Crippen molar-refractivity contribution in [2.45, 2.75) is 51.5 Å². The van der Waals surface area contributed by atoms with Crippen molar-refractivity contribution in [1.29, 1.82) is 0 Å². The number of amidine groups is 1. The summed E-state index contributed by atoms with van der Waals surface area (Å²) in [5.41, 5.74) is 1.44. The lowest BCUT2D eigenvalue weighted by atomic mass is 9.96. The molecule has 1 N–H and O–H groups in total. The highest BCUT2D eigenvalue weighted by Gasteiger charge is 2.25. The van der Waals surface area contributed by atoms with Crippen LogP contribution in [-0.4, -0.2) is 22.0 Å². The molecule has 2 aliphatic rings. The van der Waals surface area contributed by atoms with Crippen molar-refractivity contribution in [2.75, 3.05) is 0 Å². The summed E-state index contributed by atoms with van der Waals surface area (Å²) in [6.45, 7) is 1.88. The van der Waals surface area contributed by atoms with Crippen molar-refractivity contribution in [2.24, 2.45) is 4.99 Å². The minimum atomic E-state index is -0.376. The van der Waals surface area contributed by atoms with Crippen LogP contribution in [0.2, 0.25) is 0 Å². The van der Waals surface area contributed by atoms with E-state index in [-0.39, 0.29) is 16.5 Å². The van der Waals surface area contributed by atoms with Gasteiger partial charge in [-0.15, -0.1) is 0 Å². The van der Waals surface area contributed by atoms with E-state index in [9.17, 15) is 14.9 Å². The number of aryl methyl sites for hydroxylation is 1. The highest BCUT2D eigenvalue weighted by molar-refractivity contribution is 8.18. The van der Waals surface area contributed by atoms with Crippen LogP contribution in [0.3, 0.4) is 0 Å². The lowest BCUT2D eigenvalue weighted by Gasteiger charge is -2.17. The maximum Gasteiger partial charge on any atom is 0.273 e. The molecule has 0 atom stereocenters. The number of thioether (sulfide) groups is 1. The molecule has 0 aromatic heterocycles. The zero-order valence-corrected chi connectivity index (χ0v) is 15.0. The van der Waals surface area contributed by atoms with Gasteiger partial charge in [0.2, 0.25) is 0 Å². The third-order valence-corrected chi connectivity index (χ3v) is 5.43. The van der Waals surface area contributed by atoms with Crippen LogP contribution in [0, 0.1) is 10.1 Å². The van der Waals surface area contributed by atoms with Crippen LogP contribution in [0.15, 0.2) is 28.1 Å². The predicted octanol–water partition coefficient (Wildman–Crippen LogP) is 4.05. The number of amides is 1. The summed E-state index contributed by atoms with van der Waals surface area (Å²) in [5.74, 6) is -0.193. The summed E-state index contributed by atoms with van der Waals surface area (Å²) < 4.78 is 0. The number of aliphatic imine (C=N–C) groups is 1. The second kappa shape index (κ2) is 7.82. The molecule has 1 aliphatic heterocycles. The quantitative estimate of drug-likeness (QED) is 0.499. The van der Waals surface area contributed by atoms with Crippen LogP contribution in [0.5, 0.6) is 0 Å². The molecule has 1 aliphatic carbocycles. The van der Waals surface area contributed by atoms with Gasteiger partial charge < -0.3 is 5.32 Å². The van der Waals surface area contributed by atoms with Gasteiger partial charge in [-0.2, -0.15) is 0 Å². The number of benzene rings is 1. The van der Waals surface area contributed by atoms with E-state index in [0.717, 1.165) is 12.8 Å². The topological polar surface area (TPSA) is 84.6 Å². The number of hydrogen-bond donors (Lipinski definition) is 1. The van der Waals surface area contributed by atoms with E-state index in [1.165, 1.54) is 37.1 Å². The molecule has 6 nitrogen and oxygen atoms in total. The predicted molar refractivity (Wildman–Crippen MR) is 100 cm³/mol. The molecular formula is C18H21N3O3S. The number of carbonyl (C=O) groups excluding carboxylic acids is 1. The average Bonchev–Trinajstić information content (AvgIpc) is 2.94. The van der Waals surface area contributed by atoms with Crippen LogP contribution >= 0.6 is 11.8 Å². The molecule has 1 aromatic rings. The fourth-order valence-corrected chi connectivity index (χ4v) is 4.05. The zero-order chi connectivity index (χ0) is 17.8. The first-order valence-corrected chi connectivity index (χ1v) is 9.44. The number of hydrogen-bond acceptors (Lipinski definition) is 5. The lowest BCUT2D eigenvalue weighted by Crippen LogP contribution is -2.22. The number of carbonyl (C=O) groups is 1. The van der Waals surface area contributed by atoms with Crippen molar-refractivity contribution in [3.05, 3.63) is 44.3 Å². The van der Waals surface area contributed by atoms with E-state index in [1.54, 1.807) is 12.1 Å². The van der Waals surface area contributed by atoms with Crippen molar-refractivity contribution < 1.29 is 9.72 Å². The fraction of sp³-hybridized carbons (Fsp3) is 0.444. The first kappa shape index (κ1) is 17.7. The Hall–Kier alpha value is -2.15. The number of rotatable bonds is 4. The summed E-state index contributed by atoms with van der Waals surface area (Å²) in [7, 11) is 0. The van der Waals surface area contributed by atoms with Gasteiger partial charge in [0.25, 0.3) is 11.6 Å². The third-order valence-electron chi connectivity index (χ3n) is 4.51. The van der Waals surface area contributed by atoms with E-state index < -0.39 is 0 Å². The van der Waals surface area contributed by atoms with E-state index in [1.807, 2.05) is 13.0 Å². The van der Waals surface area contributed by atoms with Crippen LogP contribution in [0.25, 0.3) is 6.08 Å². The van der Waals surface area contributed by atoms with Crippen LogP contribution in [0.1, 0.15) is 50.2 Å². The number of nitrogens with zero attached hydrogens (tertiary/aromatic N) is 2. The molecule has 0 unspecified atom stereocenters. The van der Waals surface area contributed by atoms with E-state index in [0.29, 0.717) is 33.7 Å². The number of nitrogens with one attached hydrogen (secondary N) is 1. The summed E-state index contributed by atoms with van der Waals surface area (Å²) >= 11 is 1.31. The van der Waals surface area contributed by atoms with Gasteiger partial charge in [0.05, 0.1) is 15.9 Å². The normalized spacial score (nSPS) is 21.7. The lowest BCUT2D eigenvalue weighted by molar-refractivity contribution is -0.385. The molecular weight excluding hydrogens is 338 g/mol. The van der Waals surface area contributed by atoms with Crippen LogP contribution in [0.4, 0.5) is 5.69 Å². The Morgan fingerprint density at radius 2 is 2.12 bits per heavy atom. The SMILES string of the molecule is CCc1ccc(/C=C2\SC(=NC3CCCCC3)NC2=O)cc1[N+](=O)[O-]. The zero-order valence-electron chi connectivity index (χ0n) is 14.2. The molecule has 0 bridgehead atoms. The summed E-state index contributed by atoms with van der Waals surface area (Å²) in [6.07, 6.45) is 8.08. The largest absolute Gasteiger partial charge is 0.301 e. The van der Waals surface area contributed by atoms with Gasteiger partial charge in [-0.3, -0.25) is 19.9 Å². The van der Waals surface area contributed by atoms with E-state index in [2.05, 4.69) is 10.3 Å². The molecule has 2 fully saturated rings. The maximum absolute atomic E-state index is 12.2. The van der Waals surface area contributed by atoms with Crippen LogP contribution < -0.4 is 5.32 Å². The van der Waals surface area contributed by atoms with E-state index in [4.69, 9.17) is 0 Å². The molecule has 7 heteroatoms. The second-order valence-electron chi connectivity index (χ2n) is 6.29. The van der Waals surface area contributed by atoms with Crippen molar-refractivity contribution in [3.8, 4) is 0 Å². The first-order chi connectivity index (χ1) is 12.1. The minimum Gasteiger partial charge on any atom is -0.301 e. The second-order valence-corrected chi connectivity index (χ2v) is 7.32. The highest BCUT2D eigenvalue weighted by Crippen LogP contribution is 2.30. The van der Waals surface area contributed by atoms with Crippen molar-refractivity contribution in [3.63, 3.8) is 0 Å². The Morgan fingerprint density at radius 3 is 2.80 bits per heavy atom. The van der Waals surface area contributed by atoms with Gasteiger partial charge in [-0.25, -0.2) is 0 Å². The van der Waals surface area contributed by atoms with Gasteiger partial charge in [-0.1, -0.05) is 38.3 Å². The van der Waals surface area contributed by atoms with Gasteiger partial charge in [0.15, 0.2) is 5.17 Å². The first-order valence-electron chi connectivity index (χ1n) is 8.63. The molecule has 25 heavy (non-hydrogen) atoms. The third kappa shape index (κ3) is 4.28. The molecule has 0 radical (unpaired) electrons. The van der Waals surface area contributed by atoms with Gasteiger partial charge in [0.1, 0.15) is 0 Å². The average molecular weight is 359 g/mol. The molecule has 0 spiro atoms. The van der Waals surface area contributed by atoms with E-state index >= 15 is 0 Å². The molecule has 1 saturated heterocycles. The molecule has 1 aromatic carbocycles. The smallest absolute Gasteiger partial charge is 0.273 e. The standard InChI is InChI=1S/C18H21N3O3S/c1-2-13-9-8-12(10-15(13)21(23)24)11-16-17(22)20-18(25-16)19-14-6-4-3-5-7-14/h8-11,14H,2-7H2,1H3,(H,19,20,22)/b16-11-. The minimum absolute atomic E-state index is 0.0938. The van der Waals surface area contributed by atoms with Crippen molar-refractivity contribution >= 4 is 34.6 Å². The van der Waals surface area contributed by atoms with Gasteiger partial charge in [0, 0.05) is 11.6 Å². The Labute approximate surface area is 150 Å². The summed E-state index contributed by atoms with van der Waals surface area (Å²) in [4.78, 5) is 28.1. The van der Waals surface area contributed by atoms with Gasteiger partial charge in [-0.05, 0) is 42.7 Å². The number of nitro benzene ring substituents is 1. The molecule has 1 saturated carbocycles. The molecule has 132 valence electrons. The van der Waals surface area contributed by atoms with Gasteiger partial charge >= 0.3 is 0 Å². The summed E-state index contributed by atoms with van der Waals surface area (Å²) in [5, 5.41) is 14.6. The Kier molecular flexibility index (Phi) is 5.53. The Bertz CT molecular complexity index is 752. The molecule has 1 amide bonds. The maximum atomic E-state index is 12.2.